The molecule has 2 atom stereocenters. The lowest BCUT2D eigenvalue weighted by molar-refractivity contribution is 0.0179. The quantitative estimate of drug-likeness (QED) is 0.717. The summed E-state index contributed by atoms with van der Waals surface area (Å²) in [6.45, 7) is 1.83. The minimum atomic E-state index is -1.17. The summed E-state index contributed by atoms with van der Waals surface area (Å²) in [6, 6.07) is 14.5. The molecule has 0 radical (unpaired) electrons. The van der Waals surface area contributed by atoms with Gasteiger partial charge in [-0.2, -0.15) is 0 Å². The van der Waals surface area contributed by atoms with Crippen LogP contribution in [0.2, 0.25) is 0 Å². The van der Waals surface area contributed by atoms with E-state index in [1.165, 1.54) is 7.11 Å². The molecule has 0 aromatic heterocycles. The van der Waals surface area contributed by atoms with Crippen LogP contribution in [0.3, 0.4) is 0 Å². The first kappa shape index (κ1) is 18.8. The number of alkyl carbamates (subject to hydrolysis) is 1. The minimum Gasteiger partial charge on any atom is -0.497 e. The van der Waals surface area contributed by atoms with Crippen LogP contribution >= 0.6 is 0 Å². The van der Waals surface area contributed by atoms with E-state index >= 15 is 0 Å². The van der Waals surface area contributed by atoms with Crippen molar-refractivity contribution in [2.45, 2.75) is 25.7 Å². The maximum Gasteiger partial charge on any atom is 0.407 e. The second-order valence-corrected chi connectivity index (χ2v) is 5.68. The van der Waals surface area contributed by atoms with Crippen LogP contribution in [0.25, 0.3) is 0 Å². The molecule has 2 aromatic rings. The summed E-state index contributed by atoms with van der Waals surface area (Å²) in [5, 5.41) is 22.9. The predicted molar refractivity (Wildman–Crippen MR) is 93.3 cm³/mol. The number of carbonyl (C=O) groups excluding carboxylic acids is 1. The second kappa shape index (κ2) is 9.05. The number of methoxy groups -OCH3 is 1. The number of benzene rings is 2. The molecule has 6 heteroatoms. The normalized spacial score (nSPS) is 13.0. The molecule has 6 nitrogen and oxygen atoms in total. The van der Waals surface area contributed by atoms with Crippen LogP contribution in [0, 0.1) is 6.92 Å². The first-order valence-electron chi connectivity index (χ1n) is 7.96. The molecule has 0 saturated carbocycles. The molecule has 0 bridgehead atoms. The Bertz CT molecular complexity index is 689. The summed E-state index contributed by atoms with van der Waals surface area (Å²) in [7, 11) is 1.53. The third-order valence-corrected chi connectivity index (χ3v) is 3.84. The Balaban J connectivity index is 1.84. The summed E-state index contributed by atoms with van der Waals surface area (Å²) in [5.41, 5.74) is 2.23. The summed E-state index contributed by atoms with van der Waals surface area (Å²) < 4.78 is 10.2. The molecule has 0 spiro atoms. The Hall–Kier alpha value is -2.57. The lowest BCUT2D eigenvalue weighted by Crippen LogP contribution is -2.36. The summed E-state index contributed by atoms with van der Waals surface area (Å²) in [6.07, 6.45) is -2.97. The van der Waals surface area contributed by atoms with Gasteiger partial charge in [0.2, 0.25) is 0 Å². The lowest BCUT2D eigenvalue weighted by atomic mass is 9.99. The first-order chi connectivity index (χ1) is 12.0. The Morgan fingerprint density at radius 1 is 1.16 bits per heavy atom. The van der Waals surface area contributed by atoms with Gasteiger partial charge >= 0.3 is 6.09 Å². The van der Waals surface area contributed by atoms with E-state index in [4.69, 9.17) is 9.47 Å². The van der Waals surface area contributed by atoms with Gasteiger partial charge in [-0.05, 0) is 35.7 Å². The average Bonchev–Trinajstić information content (AvgIpc) is 2.65. The Morgan fingerprint density at radius 2 is 1.88 bits per heavy atom. The highest BCUT2D eigenvalue weighted by Gasteiger charge is 2.21. The fraction of sp³-hybridized carbons (Fsp3) is 0.316. The number of carbonyl (C=O) groups is 1. The molecular formula is C19H23NO5. The van der Waals surface area contributed by atoms with Gasteiger partial charge in [-0.25, -0.2) is 4.79 Å². The molecule has 0 aliphatic heterocycles. The zero-order valence-electron chi connectivity index (χ0n) is 14.3. The van der Waals surface area contributed by atoms with Gasteiger partial charge in [-0.1, -0.05) is 36.4 Å². The number of hydrogen-bond acceptors (Lipinski definition) is 5. The fourth-order valence-corrected chi connectivity index (χ4v) is 2.35. The van der Waals surface area contributed by atoms with Crippen LogP contribution in [0.15, 0.2) is 48.5 Å². The number of nitrogens with one attached hydrogen (secondary N) is 1. The maximum atomic E-state index is 11.7. The van der Waals surface area contributed by atoms with E-state index in [9.17, 15) is 15.0 Å². The number of aliphatic hydroxyl groups excluding tert-OH is 2. The number of hydrogen-bond donors (Lipinski definition) is 3. The smallest absolute Gasteiger partial charge is 0.407 e. The standard InChI is InChI=1S/C19H23NO5/c1-13-8-9-15(24-2)10-16(13)18(22)17(21)11-20-19(23)25-12-14-6-4-3-5-7-14/h3-10,17-18,21-22H,11-12H2,1-2H3,(H,20,23). The van der Waals surface area contributed by atoms with Crippen LogP contribution in [0.4, 0.5) is 4.79 Å². The zero-order chi connectivity index (χ0) is 18.2. The van der Waals surface area contributed by atoms with Crippen molar-refractivity contribution >= 4 is 6.09 Å². The Labute approximate surface area is 147 Å². The van der Waals surface area contributed by atoms with E-state index in [-0.39, 0.29) is 13.2 Å². The monoisotopic (exact) mass is 345 g/mol. The highest BCUT2D eigenvalue weighted by molar-refractivity contribution is 5.67. The van der Waals surface area contributed by atoms with E-state index in [0.29, 0.717) is 11.3 Å². The third kappa shape index (κ3) is 5.48. The minimum absolute atomic E-state index is 0.133. The van der Waals surface area contributed by atoms with Gasteiger partial charge in [0, 0.05) is 6.54 Å². The van der Waals surface area contributed by atoms with Gasteiger partial charge in [0.05, 0.1) is 7.11 Å². The van der Waals surface area contributed by atoms with Crippen LogP contribution in [-0.4, -0.2) is 36.1 Å². The summed E-state index contributed by atoms with van der Waals surface area (Å²) in [5.74, 6) is 0.585. The van der Waals surface area contributed by atoms with Gasteiger partial charge in [0.15, 0.2) is 0 Å². The van der Waals surface area contributed by atoms with Crippen LogP contribution in [-0.2, 0) is 11.3 Å². The molecule has 0 aliphatic carbocycles. The summed E-state index contributed by atoms with van der Waals surface area (Å²) >= 11 is 0. The molecule has 2 unspecified atom stereocenters. The number of amides is 1. The summed E-state index contributed by atoms with van der Waals surface area (Å²) in [4.78, 5) is 11.7. The van der Waals surface area contributed by atoms with E-state index in [0.717, 1.165) is 11.1 Å². The molecule has 0 saturated heterocycles. The molecule has 1 amide bonds. The van der Waals surface area contributed by atoms with Gasteiger partial charge < -0.3 is 25.0 Å². The van der Waals surface area contributed by atoms with Gasteiger partial charge in [-0.15, -0.1) is 0 Å². The van der Waals surface area contributed by atoms with Crippen LogP contribution in [0.1, 0.15) is 22.8 Å². The SMILES string of the molecule is COc1ccc(C)c(C(O)C(O)CNC(=O)OCc2ccccc2)c1. The van der Waals surface area contributed by atoms with E-state index < -0.39 is 18.3 Å². The second-order valence-electron chi connectivity index (χ2n) is 5.68. The van der Waals surface area contributed by atoms with Crippen molar-refractivity contribution in [2.24, 2.45) is 0 Å². The van der Waals surface area contributed by atoms with Crippen molar-refractivity contribution in [3.63, 3.8) is 0 Å². The number of aliphatic hydroxyl groups is 2. The van der Waals surface area contributed by atoms with Crippen molar-refractivity contribution in [3.05, 3.63) is 65.2 Å². The highest BCUT2D eigenvalue weighted by atomic mass is 16.5. The van der Waals surface area contributed by atoms with Gasteiger partial charge in [-0.3, -0.25) is 0 Å². The number of rotatable bonds is 7. The largest absolute Gasteiger partial charge is 0.497 e. The van der Waals surface area contributed by atoms with Crippen molar-refractivity contribution in [1.29, 1.82) is 0 Å². The molecule has 0 aliphatic rings. The van der Waals surface area contributed by atoms with Crippen molar-refractivity contribution in [3.8, 4) is 5.75 Å². The molecular weight excluding hydrogens is 322 g/mol. The molecule has 0 fully saturated rings. The predicted octanol–water partition coefficient (Wildman–Crippen LogP) is 2.32. The molecule has 25 heavy (non-hydrogen) atoms. The maximum absolute atomic E-state index is 11.7. The fourth-order valence-electron chi connectivity index (χ4n) is 2.35. The molecule has 2 aromatic carbocycles. The number of aryl methyl sites for hydroxylation is 1. The van der Waals surface area contributed by atoms with Crippen LogP contribution < -0.4 is 10.1 Å². The van der Waals surface area contributed by atoms with E-state index in [2.05, 4.69) is 5.32 Å². The van der Waals surface area contributed by atoms with Gasteiger partial charge in [0.25, 0.3) is 0 Å². The molecule has 3 N–H and O–H groups in total. The van der Waals surface area contributed by atoms with Crippen LogP contribution in [0.5, 0.6) is 5.75 Å². The Morgan fingerprint density at radius 3 is 2.56 bits per heavy atom. The molecule has 2 rings (SSSR count). The highest BCUT2D eigenvalue weighted by Crippen LogP contribution is 2.25. The third-order valence-electron chi connectivity index (χ3n) is 3.84. The number of ether oxygens (including phenoxy) is 2. The zero-order valence-corrected chi connectivity index (χ0v) is 14.3. The topological polar surface area (TPSA) is 88.0 Å². The van der Waals surface area contributed by atoms with E-state index in [1.807, 2.05) is 37.3 Å². The van der Waals surface area contributed by atoms with Crippen molar-refractivity contribution < 1.29 is 24.5 Å². The Kier molecular flexibility index (Phi) is 6.80. The molecule has 134 valence electrons. The first-order valence-corrected chi connectivity index (χ1v) is 7.96. The van der Waals surface area contributed by atoms with E-state index in [1.54, 1.807) is 18.2 Å². The molecule has 0 heterocycles. The lowest BCUT2D eigenvalue weighted by Gasteiger charge is -2.20. The average molecular weight is 345 g/mol. The van der Waals surface area contributed by atoms with Crippen molar-refractivity contribution in [1.82, 2.24) is 5.32 Å². The van der Waals surface area contributed by atoms with Crippen molar-refractivity contribution in [2.75, 3.05) is 13.7 Å². The van der Waals surface area contributed by atoms with Gasteiger partial charge in [0.1, 0.15) is 24.6 Å².